The molecule has 0 bridgehead atoms. The summed E-state index contributed by atoms with van der Waals surface area (Å²) in [6.45, 7) is 0. The lowest BCUT2D eigenvalue weighted by Gasteiger charge is -2.11. The molecule has 0 spiro atoms. The van der Waals surface area contributed by atoms with Crippen molar-refractivity contribution in [3.63, 3.8) is 0 Å². The third-order valence-electron chi connectivity index (χ3n) is 3.39. The molecule has 1 aliphatic carbocycles. The van der Waals surface area contributed by atoms with Crippen LogP contribution >= 0.6 is 34.2 Å². The highest BCUT2D eigenvalue weighted by molar-refractivity contribution is 14.1. The maximum absolute atomic E-state index is 11.5. The molecular weight excluding hydrogens is 365 g/mol. The molecule has 2 N–H and O–H groups in total. The van der Waals surface area contributed by atoms with Crippen molar-refractivity contribution in [3.8, 4) is 0 Å². The average molecular weight is 374 g/mol. The summed E-state index contributed by atoms with van der Waals surface area (Å²) in [6.07, 6.45) is 4.93. The highest BCUT2D eigenvalue weighted by Crippen LogP contribution is 2.47. The number of aromatic nitrogens is 2. The summed E-state index contributed by atoms with van der Waals surface area (Å²) in [5.41, 5.74) is 5.63. The predicted octanol–water partition coefficient (Wildman–Crippen LogP) is 2.40. The molecule has 1 aliphatic rings. The molecule has 2 aromatic rings. The second-order valence-electron chi connectivity index (χ2n) is 4.46. The molecule has 3 rings (SSSR count). The fourth-order valence-corrected chi connectivity index (χ4v) is 2.87. The second kappa shape index (κ2) is 4.03. The highest BCUT2D eigenvalue weighted by atomic mass is 127. The number of pyridine rings is 2. The van der Waals surface area contributed by atoms with Crippen LogP contribution in [0.15, 0.2) is 18.5 Å². The third kappa shape index (κ3) is 1.68. The van der Waals surface area contributed by atoms with Gasteiger partial charge in [-0.15, -0.1) is 0 Å². The zero-order valence-corrected chi connectivity index (χ0v) is 12.2. The van der Waals surface area contributed by atoms with Crippen LogP contribution in [-0.4, -0.2) is 15.9 Å². The summed E-state index contributed by atoms with van der Waals surface area (Å²) in [6, 6.07) is 1.91. The first-order valence-electron chi connectivity index (χ1n) is 5.45. The van der Waals surface area contributed by atoms with Crippen LogP contribution in [0.5, 0.6) is 0 Å². The molecule has 4 nitrogen and oxygen atoms in total. The fraction of sp³-hybridized carbons (Fsp3) is 0.250. The van der Waals surface area contributed by atoms with Crippen molar-refractivity contribution in [2.24, 2.45) is 5.73 Å². The van der Waals surface area contributed by atoms with E-state index in [-0.39, 0.29) is 5.91 Å². The first-order valence-corrected chi connectivity index (χ1v) is 6.90. The van der Waals surface area contributed by atoms with E-state index in [0.717, 1.165) is 32.9 Å². The molecule has 2 aromatic heterocycles. The zero-order chi connectivity index (χ0) is 12.9. The van der Waals surface area contributed by atoms with Crippen LogP contribution in [0.4, 0.5) is 0 Å². The maximum atomic E-state index is 11.5. The van der Waals surface area contributed by atoms with Crippen LogP contribution < -0.4 is 5.73 Å². The molecule has 0 aliphatic heterocycles. The van der Waals surface area contributed by atoms with Crippen LogP contribution in [0.2, 0.25) is 5.15 Å². The third-order valence-corrected chi connectivity index (χ3v) is 4.55. The van der Waals surface area contributed by atoms with Crippen molar-refractivity contribution in [1.29, 1.82) is 0 Å². The molecule has 0 atom stereocenters. The van der Waals surface area contributed by atoms with Gasteiger partial charge in [-0.2, -0.15) is 0 Å². The molecule has 1 fully saturated rings. The van der Waals surface area contributed by atoms with E-state index in [1.54, 1.807) is 12.4 Å². The lowest BCUT2D eigenvalue weighted by atomic mass is 9.99. The smallest absolute Gasteiger partial charge is 0.229 e. The Hall–Kier alpha value is -0.950. The minimum absolute atomic E-state index is 0.301. The molecule has 0 unspecified atom stereocenters. The Kier molecular flexibility index (Phi) is 2.71. The normalized spacial score (nSPS) is 16.8. The Morgan fingerprint density at radius 3 is 2.67 bits per heavy atom. The van der Waals surface area contributed by atoms with Crippen molar-refractivity contribution >= 4 is 50.9 Å². The van der Waals surface area contributed by atoms with E-state index in [2.05, 4.69) is 32.6 Å². The van der Waals surface area contributed by atoms with Gasteiger partial charge in [-0.25, -0.2) is 4.98 Å². The van der Waals surface area contributed by atoms with Gasteiger partial charge in [-0.05, 0) is 41.5 Å². The quantitative estimate of drug-likeness (QED) is 0.649. The number of carbonyl (C=O) groups is 1. The Balaban J connectivity index is 2.24. The lowest BCUT2D eigenvalue weighted by molar-refractivity contribution is -0.120. The molecule has 92 valence electrons. The standard InChI is InChI=1S/C12H9ClIN3O/c13-10-7-4-16-9(12(1-2-12)11(15)18)3-6(7)8(14)5-17-10/h3-5H,1-2H2,(H2,15,18). The molecule has 2 heterocycles. The van der Waals surface area contributed by atoms with E-state index in [1.807, 2.05) is 6.07 Å². The zero-order valence-electron chi connectivity index (χ0n) is 9.28. The van der Waals surface area contributed by atoms with Gasteiger partial charge in [0.05, 0.1) is 11.1 Å². The predicted molar refractivity (Wildman–Crippen MR) is 77.4 cm³/mol. The van der Waals surface area contributed by atoms with Gasteiger partial charge in [0, 0.05) is 26.7 Å². The Morgan fingerprint density at radius 2 is 2.06 bits per heavy atom. The Bertz CT molecular complexity index is 670. The van der Waals surface area contributed by atoms with Gasteiger partial charge in [-0.3, -0.25) is 9.78 Å². The van der Waals surface area contributed by atoms with Gasteiger partial charge in [0.2, 0.25) is 5.91 Å². The van der Waals surface area contributed by atoms with Gasteiger partial charge < -0.3 is 5.73 Å². The van der Waals surface area contributed by atoms with Crippen molar-refractivity contribution in [2.45, 2.75) is 18.3 Å². The summed E-state index contributed by atoms with van der Waals surface area (Å²) in [5.74, 6) is -0.301. The SMILES string of the molecule is NC(=O)C1(c2cc3c(I)cnc(Cl)c3cn2)CC1. The van der Waals surface area contributed by atoms with Crippen LogP contribution in [0, 0.1) is 3.57 Å². The molecule has 0 radical (unpaired) electrons. The van der Waals surface area contributed by atoms with E-state index in [9.17, 15) is 4.79 Å². The number of amides is 1. The minimum Gasteiger partial charge on any atom is -0.369 e. The van der Waals surface area contributed by atoms with Gasteiger partial charge in [0.1, 0.15) is 5.15 Å². The number of hydrogen-bond acceptors (Lipinski definition) is 3. The summed E-state index contributed by atoms with van der Waals surface area (Å²) in [7, 11) is 0. The summed E-state index contributed by atoms with van der Waals surface area (Å²) in [5, 5.41) is 2.19. The summed E-state index contributed by atoms with van der Waals surface area (Å²) in [4.78, 5) is 19.9. The first-order chi connectivity index (χ1) is 8.54. The topological polar surface area (TPSA) is 68.9 Å². The van der Waals surface area contributed by atoms with Crippen LogP contribution in [0.1, 0.15) is 18.5 Å². The molecule has 0 saturated heterocycles. The van der Waals surface area contributed by atoms with Crippen molar-refractivity contribution in [2.75, 3.05) is 0 Å². The van der Waals surface area contributed by atoms with E-state index < -0.39 is 5.41 Å². The molecule has 18 heavy (non-hydrogen) atoms. The number of halogens is 2. The molecule has 1 amide bonds. The Labute approximate surface area is 122 Å². The van der Waals surface area contributed by atoms with E-state index >= 15 is 0 Å². The molecule has 0 aromatic carbocycles. The van der Waals surface area contributed by atoms with Crippen LogP contribution in [0.3, 0.4) is 0 Å². The van der Waals surface area contributed by atoms with Gasteiger partial charge >= 0.3 is 0 Å². The second-order valence-corrected chi connectivity index (χ2v) is 5.98. The Morgan fingerprint density at radius 1 is 1.33 bits per heavy atom. The van der Waals surface area contributed by atoms with Crippen molar-refractivity contribution < 1.29 is 4.79 Å². The fourth-order valence-electron chi connectivity index (χ4n) is 2.09. The number of nitrogens with zero attached hydrogens (tertiary/aromatic N) is 2. The van der Waals surface area contributed by atoms with E-state index in [4.69, 9.17) is 17.3 Å². The number of fused-ring (bicyclic) bond motifs is 1. The van der Waals surface area contributed by atoms with Gasteiger partial charge in [-0.1, -0.05) is 11.6 Å². The van der Waals surface area contributed by atoms with E-state index in [0.29, 0.717) is 5.15 Å². The lowest BCUT2D eigenvalue weighted by Crippen LogP contribution is -2.29. The molecule has 6 heteroatoms. The summed E-state index contributed by atoms with van der Waals surface area (Å²) < 4.78 is 0.982. The number of nitrogens with two attached hydrogens (primary N) is 1. The largest absolute Gasteiger partial charge is 0.369 e. The monoisotopic (exact) mass is 373 g/mol. The number of carbonyl (C=O) groups excluding carboxylic acids is 1. The average Bonchev–Trinajstić information content (AvgIpc) is 3.15. The van der Waals surface area contributed by atoms with Crippen molar-refractivity contribution in [3.05, 3.63) is 32.9 Å². The minimum atomic E-state index is -0.562. The molecule has 1 saturated carbocycles. The number of hydrogen-bond donors (Lipinski definition) is 1. The van der Waals surface area contributed by atoms with Crippen LogP contribution in [0.25, 0.3) is 10.8 Å². The summed E-state index contributed by atoms with van der Waals surface area (Å²) >= 11 is 8.22. The van der Waals surface area contributed by atoms with Gasteiger partial charge in [0.15, 0.2) is 0 Å². The highest BCUT2D eigenvalue weighted by Gasteiger charge is 2.51. The van der Waals surface area contributed by atoms with E-state index in [1.165, 1.54) is 0 Å². The van der Waals surface area contributed by atoms with Crippen molar-refractivity contribution in [1.82, 2.24) is 9.97 Å². The first kappa shape index (κ1) is 12.1. The molecular formula is C12H9ClIN3O. The number of primary amides is 1. The maximum Gasteiger partial charge on any atom is 0.229 e. The number of rotatable bonds is 2. The van der Waals surface area contributed by atoms with Gasteiger partial charge in [0.25, 0.3) is 0 Å². The van der Waals surface area contributed by atoms with Crippen LogP contribution in [-0.2, 0) is 10.2 Å².